The van der Waals surface area contributed by atoms with Crippen molar-refractivity contribution in [1.29, 1.82) is 0 Å². The number of aromatic nitrogens is 3. The molecule has 7 heteroatoms. The van der Waals surface area contributed by atoms with Gasteiger partial charge in [0.1, 0.15) is 17.2 Å². The van der Waals surface area contributed by atoms with Gasteiger partial charge in [-0.25, -0.2) is 9.37 Å². The van der Waals surface area contributed by atoms with Crippen molar-refractivity contribution >= 4 is 34.4 Å². The van der Waals surface area contributed by atoms with Crippen LogP contribution in [0.25, 0.3) is 11.0 Å². The summed E-state index contributed by atoms with van der Waals surface area (Å²) in [6, 6.07) is 6.33. The molecule has 0 bridgehead atoms. The molecule has 0 atom stereocenters. The highest BCUT2D eigenvalue weighted by atomic mass is 35.5. The summed E-state index contributed by atoms with van der Waals surface area (Å²) in [6.45, 7) is 8.30. The molecule has 1 amide bonds. The number of amides is 1. The number of nitrogens with zero attached hydrogens (tertiary/aromatic N) is 3. The molecule has 0 unspecified atom stereocenters. The van der Waals surface area contributed by atoms with Crippen LogP contribution in [0.5, 0.6) is 0 Å². The van der Waals surface area contributed by atoms with E-state index in [0.717, 1.165) is 11.1 Å². The van der Waals surface area contributed by atoms with Crippen LogP contribution < -0.4 is 5.32 Å². The topological polar surface area (TPSA) is 59.8 Å². The summed E-state index contributed by atoms with van der Waals surface area (Å²) in [5.41, 5.74) is 2.92. The van der Waals surface area contributed by atoms with Crippen LogP contribution in [-0.2, 0) is 11.3 Å². The Balaban J connectivity index is 1.87. The standard InChI is InChI=1S/C20H22ClFN4O/c1-12-5-17-16(24-19(12)25-18(27)9-20(2,3)4)10-23-26(17)11-13-6-14(21)8-15(22)7-13/h5-8,10H,9,11H2,1-4H3,(H,24,25,27). The van der Waals surface area contributed by atoms with Crippen LogP contribution in [0.1, 0.15) is 38.3 Å². The number of aryl methyl sites for hydroxylation is 1. The van der Waals surface area contributed by atoms with Crippen LogP contribution in [0, 0.1) is 18.2 Å². The van der Waals surface area contributed by atoms with E-state index in [4.69, 9.17) is 11.6 Å². The summed E-state index contributed by atoms with van der Waals surface area (Å²) in [5, 5.41) is 7.57. The highest BCUT2D eigenvalue weighted by Crippen LogP contribution is 2.24. The average molecular weight is 389 g/mol. The van der Waals surface area contributed by atoms with E-state index in [1.807, 2.05) is 33.8 Å². The van der Waals surface area contributed by atoms with Gasteiger partial charge in [-0.1, -0.05) is 32.4 Å². The number of benzene rings is 1. The van der Waals surface area contributed by atoms with E-state index in [9.17, 15) is 9.18 Å². The van der Waals surface area contributed by atoms with E-state index >= 15 is 0 Å². The predicted molar refractivity (Wildman–Crippen MR) is 105 cm³/mol. The Hall–Kier alpha value is -2.47. The molecule has 3 rings (SSSR count). The van der Waals surface area contributed by atoms with Gasteiger partial charge in [0, 0.05) is 11.4 Å². The molecule has 1 N–H and O–H groups in total. The number of fused-ring (bicyclic) bond motifs is 1. The lowest BCUT2D eigenvalue weighted by Gasteiger charge is -2.17. The van der Waals surface area contributed by atoms with Gasteiger partial charge in [-0.15, -0.1) is 0 Å². The Kier molecular flexibility index (Phi) is 5.20. The van der Waals surface area contributed by atoms with Gasteiger partial charge >= 0.3 is 0 Å². The highest BCUT2D eigenvalue weighted by molar-refractivity contribution is 6.30. The van der Waals surface area contributed by atoms with Crippen LogP contribution in [0.15, 0.2) is 30.5 Å². The number of rotatable bonds is 4. The van der Waals surface area contributed by atoms with Gasteiger partial charge in [0.2, 0.25) is 5.91 Å². The van der Waals surface area contributed by atoms with Gasteiger partial charge in [0.25, 0.3) is 0 Å². The van der Waals surface area contributed by atoms with Gasteiger partial charge in [-0.3, -0.25) is 9.48 Å². The molecule has 2 heterocycles. The summed E-state index contributed by atoms with van der Waals surface area (Å²) in [6.07, 6.45) is 2.04. The second kappa shape index (κ2) is 7.27. The molecule has 0 spiro atoms. The van der Waals surface area contributed by atoms with E-state index in [2.05, 4.69) is 15.4 Å². The molecule has 0 aliphatic carbocycles. The molecule has 0 fully saturated rings. The lowest BCUT2D eigenvalue weighted by atomic mass is 9.92. The van der Waals surface area contributed by atoms with Crippen LogP contribution in [0.3, 0.4) is 0 Å². The second-order valence-corrected chi connectivity index (χ2v) is 8.36. The molecule has 0 aliphatic heterocycles. The van der Waals surface area contributed by atoms with Crippen molar-refractivity contribution in [2.24, 2.45) is 5.41 Å². The van der Waals surface area contributed by atoms with Crippen LogP contribution >= 0.6 is 11.6 Å². The molecular formula is C20H22ClFN4O. The zero-order chi connectivity index (χ0) is 19.8. The number of hydrogen-bond acceptors (Lipinski definition) is 3. The van der Waals surface area contributed by atoms with Crippen molar-refractivity contribution in [3.8, 4) is 0 Å². The quantitative estimate of drug-likeness (QED) is 0.687. The fourth-order valence-electron chi connectivity index (χ4n) is 2.89. The molecule has 3 aromatic rings. The summed E-state index contributed by atoms with van der Waals surface area (Å²) < 4.78 is 15.3. The first kappa shape index (κ1) is 19.3. The Morgan fingerprint density at radius 1 is 1.26 bits per heavy atom. The third-order valence-corrected chi connectivity index (χ3v) is 4.24. The number of carbonyl (C=O) groups excluding carboxylic acids is 1. The minimum absolute atomic E-state index is 0.0701. The minimum Gasteiger partial charge on any atom is -0.310 e. The fraction of sp³-hybridized carbons (Fsp3) is 0.350. The van der Waals surface area contributed by atoms with Crippen molar-refractivity contribution < 1.29 is 9.18 Å². The van der Waals surface area contributed by atoms with Crippen LogP contribution in [0.2, 0.25) is 5.02 Å². The number of carbonyl (C=O) groups is 1. The number of halogens is 2. The number of pyridine rings is 1. The normalized spacial score (nSPS) is 11.8. The molecule has 1 aromatic carbocycles. The van der Waals surface area contributed by atoms with E-state index < -0.39 is 0 Å². The molecular weight excluding hydrogens is 367 g/mol. The van der Waals surface area contributed by atoms with Crippen molar-refractivity contribution in [3.05, 3.63) is 52.4 Å². The zero-order valence-corrected chi connectivity index (χ0v) is 16.6. The Morgan fingerprint density at radius 3 is 2.67 bits per heavy atom. The van der Waals surface area contributed by atoms with E-state index in [1.165, 1.54) is 12.1 Å². The van der Waals surface area contributed by atoms with Crippen molar-refractivity contribution in [2.75, 3.05) is 5.32 Å². The fourth-order valence-corrected chi connectivity index (χ4v) is 3.13. The lowest BCUT2D eigenvalue weighted by molar-refractivity contribution is -0.117. The van der Waals surface area contributed by atoms with Gasteiger partial charge in [0.05, 0.1) is 18.3 Å². The Morgan fingerprint density at radius 2 is 2.00 bits per heavy atom. The van der Waals surface area contributed by atoms with Gasteiger partial charge in [-0.05, 0) is 47.7 Å². The van der Waals surface area contributed by atoms with Crippen LogP contribution in [-0.4, -0.2) is 20.7 Å². The third kappa shape index (κ3) is 4.83. The summed E-state index contributed by atoms with van der Waals surface area (Å²) >= 11 is 5.93. The lowest BCUT2D eigenvalue weighted by Crippen LogP contribution is -2.20. The maximum Gasteiger partial charge on any atom is 0.226 e. The van der Waals surface area contributed by atoms with Crippen LogP contribution in [0.4, 0.5) is 10.2 Å². The smallest absolute Gasteiger partial charge is 0.226 e. The summed E-state index contributed by atoms with van der Waals surface area (Å²) in [7, 11) is 0. The molecule has 27 heavy (non-hydrogen) atoms. The predicted octanol–water partition coefficient (Wildman–Crippen LogP) is 4.96. The first-order valence-corrected chi connectivity index (χ1v) is 9.06. The molecule has 0 radical (unpaired) electrons. The van der Waals surface area contributed by atoms with Crippen molar-refractivity contribution in [2.45, 2.75) is 40.7 Å². The number of anilines is 1. The molecule has 0 aliphatic rings. The van der Waals surface area contributed by atoms with Gasteiger partial charge < -0.3 is 5.32 Å². The average Bonchev–Trinajstić information content (AvgIpc) is 2.86. The summed E-state index contributed by atoms with van der Waals surface area (Å²) in [4.78, 5) is 16.7. The monoisotopic (exact) mass is 388 g/mol. The molecule has 0 saturated heterocycles. The van der Waals surface area contributed by atoms with E-state index in [-0.39, 0.29) is 17.1 Å². The first-order chi connectivity index (χ1) is 12.6. The second-order valence-electron chi connectivity index (χ2n) is 7.92. The Labute approximate surface area is 162 Å². The Bertz CT molecular complexity index is 987. The SMILES string of the molecule is Cc1cc2c(cnn2Cc2cc(F)cc(Cl)c2)nc1NC(=O)CC(C)(C)C. The summed E-state index contributed by atoms with van der Waals surface area (Å²) in [5.74, 6) is 0.0801. The zero-order valence-electron chi connectivity index (χ0n) is 15.8. The maximum absolute atomic E-state index is 13.6. The van der Waals surface area contributed by atoms with Crippen molar-refractivity contribution in [1.82, 2.24) is 14.8 Å². The minimum atomic E-state index is -0.382. The molecule has 2 aromatic heterocycles. The van der Waals surface area contributed by atoms with Crippen molar-refractivity contribution in [3.63, 3.8) is 0 Å². The van der Waals surface area contributed by atoms with E-state index in [0.29, 0.717) is 34.9 Å². The number of nitrogens with one attached hydrogen (secondary N) is 1. The van der Waals surface area contributed by atoms with Gasteiger partial charge in [-0.2, -0.15) is 5.10 Å². The first-order valence-electron chi connectivity index (χ1n) is 8.69. The molecule has 142 valence electrons. The largest absolute Gasteiger partial charge is 0.310 e. The van der Waals surface area contributed by atoms with Gasteiger partial charge in [0.15, 0.2) is 0 Å². The maximum atomic E-state index is 13.6. The van der Waals surface area contributed by atoms with E-state index in [1.54, 1.807) is 16.9 Å². The number of hydrogen-bond donors (Lipinski definition) is 1. The highest BCUT2D eigenvalue weighted by Gasteiger charge is 2.18. The third-order valence-electron chi connectivity index (χ3n) is 4.02. The molecule has 0 saturated carbocycles. The molecule has 5 nitrogen and oxygen atoms in total.